The van der Waals surface area contributed by atoms with Crippen LogP contribution in [-0.4, -0.2) is 51.9 Å². The Morgan fingerprint density at radius 1 is 0.861 bits per heavy atom. The zero-order valence-corrected chi connectivity index (χ0v) is 20.1. The van der Waals surface area contributed by atoms with Gasteiger partial charge in [-0.05, 0) is 12.8 Å². The van der Waals surface area contributed by atoms with Gasteiger partial charge in [0, 0.05) is 30.4 Å². The van der Waals surface area contributed by atoms with Crippen molar-refractivity contribution in [2.45, 2.75) is 43.8 Å². The van der Waals surface area contributed by atoms with Crippen molar-refractivity contribution in [2.75, 3.05) is 0 Å². The summed E-state index contributed by atoms with van der Waals surface area (Å²) in [5.41, 5.74) is -1.85. The molecule has 9 nitrogen and oxygen atoms in total. The third-order valence-corrected chi connectivity index (χ3v) is 7.27. The molecule has 10 heteroatoms. The van der Waals surface area contributed by atoms with Crippen LogP contribution in [0.1, 0.15) is 59.2 Å². The van der Waals surface area contributed by atoms with E-state index in [0.29, 0.717) is 19.3 Å². The summed E-state index contributed by atoms with van der Waals surface area (Å²) in [4.78, 5) is 47.6. The van der Waals surface area contributed by atoms with Crippen LogP contribution in [0.2, 0.25) is 0 Å². The number of hydroxylamine groups is 2. The highest BCUT2D eigenvalue weighted by Crippen LogP contribution is 2.38. The molecule has 36 heavy (non-hydrogen) atoms. The van der Waals surface area contributed by atoms with E-state index in [4.69, 9.17) is 5.21 Å². The monoisotopic (exact) mass is 511 g/mol. The lowest BCUT2D eigenvalue weighted by Crippen LogP contribution is -2.51. The number of imide groups is 1. The highest BCUT2D eigenvalue weighted by atomic mass is 32.2. The maximum absolute atomic E-state index is 13.6. The normalized spacial score (nSPS) is 19.2. The molecule has 0 saturated carbocycles. The molecule has 1 heterocycles. The molecular weight excluding hydrogens is 486 g/mol. The van der Waals surface area contributed by atoms with Gasteiger partial charge in [0.2, 0.25) is 0 Å². The van der Waals surface area contributed by atoms with Gasteiger partial charge in [0.15, 0.2) is 17.0 Å². The molecule has 4 rings (SSSR count). The Labute approximate surface area is 208 Å². The fourth-order valence-corrected chi connectivity index (χ4v) is 5.31. The minimum absolute atomic E-state index is 0.0232. The number of hydrogen-bond acceptors (Lipinski definition) is 7. The minimum atomic E-state index is -4.72. The van der Waals surface area contributed by atoms with Gasteiger partial charge >= 0.3 is 0 Å². The molecule has 1 unspecified atom stereocenters. The van der Waals surface area contributed by atoms with Crippen molar-refractivity contribution in [1.29, 1.82) is 0 Å². The number of Topliss-reactive ketones (excluding diaryl/α,β-unsaturated/α-hetero) is 2. The first-order valence-corrected chi connectivity index (χ1v) is 12.8. The summed E-state index contributed by atoms with van der Waals surface area (Å²) in [5, 5.41) is 6.94. The van der Waals surface area contributed by atoms with Crippen molar-refractivity contribution in [3.63, 3.8) is 0 Å². The SMILES string of the molecule is O=C(c1ccccc1)C1(C(=O)c2ccccc2)C#CCCCCC1S(=O)(=O)O.O=C1CCC(=O)N1O. The molecule has 0 spiro atoms. The maximum atomic E-state index is 13.6. The summed E-state index contributed by atoms with van der Waals surface area (Å²) in [6.07, 6.45) is 1.79. The highest BCUT2D eigenvalue weighted by molar-refractivity contribution is 7.86. The molecule has 2 amide bonds. The van der Waals surface area contributed by atoms with Crippen molar-refractivity contribution in [3.8, 4) is 11.8 Å². The molecule has 2 aromatic carbocycles. The molecule has 2 aliphatic rings. The van der Waals surface area contributed by atoms with Crippen LogP contribution in [0.5, 0.6) is 0 Å². The Morgan fingerprint density at radius 3 is 1.72 bits per heavy atom. The van der Waals surface area contributed by atoms with Gasteiger partial charge in [0.25, 0.3) is 21.9 Å². The second-order valence-electron chi connectivity index (χ2n) is 8.35. The van der Waals surface area contributed by atoms with E-state index >= 15 is 0 Å². The number of rotatable bonds is 5. The number of amides is 2. The van der Waals surface area contributed by atoms with Gasteiger partial charge in [-0.15, -0.1) is 5.92 Å². The summed E-state index contributed by atoms with van der Waals surface area (Å²) < 4.78 is 34.6. The zero-order chi connectivity index (χ0) is 26.3. The molecule has 1 aliphatic heterocycles. The van der Waals surface area contributed by atoms with E-state index in [1.54, 1.807) is 36.4 Å². The number of benzene rings is 2. The van der Waals surface area contributed by atoms with Crippen molar-refractivity contribution < 1.29 is 37.4 Å². The van der Waals surface area contributed by atoms with Gasteiger partial charge in [-0.1, -0.05) is 73.0 Å². The molecule has 1 saturated heterocycles. The van der Waals surface area contributed by atoms with Crippen LogP contribution >= 0.6 is 0 Å². The Morgan fingerprint density at radius 2 is 1.33 bits per heavy atom. The van der Waals surface area contributed by atoms with Crippen LogP contribution in [0.3, 0.4) is 0 Å². The van der Waals surface area contributed by atoms with E-state index in [1.165, 1.54) is 24.3 Å². The third-order valence-electron chi connectivity index (χ3n) is 5.96. The Hall–Kier alpha value is -3.65. The number of nitrogens with zero attached hydrogens (tertiary/aromatic N) is 1. The average molecular weight is 512 g/mol. The van der Waals surface area contributed by atoms with E-state index in [1.807, 2.05) is 0 Å². The smallest absolute Gasteiger partial charge is 0.270 e. The molecule has 0 aromatic heterocycles. The van der Waals surface area contributed by atoms with Crippen molar-refractivity contribution in [3.05, 3.63) is 71.8 Å². The fraction of sp³-hybridized carbons (Fsp3) is 0.308. The summed E-state index contributed by atoms with van der Waals surface area (Å²) in [5.74, 6) is 3.09. The van der Waals surface area contributed by atoms with Crippen molar-refractivity contribution in [2.24, 2.45) is 5.41 Å². The Kier molecular flexibility index (Phi) is 8.53. The highest BCUT2D eigenvalue weighted by Gasteiger charge is 2.56. The van der Waals surface area contributed by atoms with Gasteiger partial charge in [-0.2, -0.15) is 13.5 Å². The Balaban J connectivity index is 0.000000383. The van der Waals surface area contributed by atoms with E-state index in [9.17, 15) is 32.1 Å². The van der Waals surface area contributed by atoms with Crippen LogP contribution in [0.25, 0.3) is 0 Å². The summed E-state index contributed by atoms with van der Waals surface area (Å²) >= 11 is 0. The van der Waals surface area contributed by atoms with E-state index < -0.39 is 44.2 Å². The van der Waals surface area contributed by atoms with E-state index in [-0.39, 0.29) is 35.5 Å². The number of hydrogen-bond donors (Lipinski definition) is 2. The molecule has 0 bridgehead atoms. The van der Waals surface area contributed by atoms with E-state index in [2.05, 4.69) is 11.8 Å². The van der Waals surface area contributed by atoms with Gasteiger partial charge in [0.05, 0.1) is 0 Å². The van der Waals surface area contributed by atoms with Gasteiger partial charge in [0.1, 0.15) is 5.25 Å². The minimum Gasteiger partial charge on any atom is -0.292 e. The molecular formula is C26H25NO8S. The molecule has 188 valence electrons. The molecule has 2 N–H and O–H groups in total. The molecule has 1 atom stereocenters. The standard InChI is InChI=1S/C22H20O5S.C4H5NO3/c23-20(17-11-5-3-6-12-17)22(21(24)18-13-7-4-8-14-18)16-10-2-1-9-15-19(22)28(25,26)27;6-3-1-2-4(7)5(3)8/h3-8,11-14,19H,1-2,9,15H2,(H,25,26,27);8H,1-2H2. The van der Waals surface area contributed by atoms with Crippen molar-refractivity contribution >= 4 is 33.5 Å². The predicted molar refractivity (Wildman–Crippen MR) is 128 cm³/mol. The molecule has 1 aliphatic carbocycles. The third kappa shape index (κ3) is 5.76. The fourth-order valence-electron chi connectivity index (χ4n) is 4.12. The molecule has 0 radical (unpaired) electrons. The van der Waals surface area contributed by atoms with Crippen LogP contribution < -0.4 is 0 Å². The number of carbonyl (C=O) groups is 4. The lowest BCUT2D eigenvalue weighted by molar-refractivity contribution is -0.171. The molecule has 1 fully saturated rings. The topological polar surface area (TPSA) is 146 Å². The summed E-state index contributed by atoms with van der Waals surface area (Å²) in [6, 6.07) is 16.0. The summed E-state index contributed by atoms with van der Waals surface area (Å²) in [7, 11) is -4.72. The number of ketones is 2. The average Bonchev–Trinajstić information content (AvgIpc) is 3.15. The summed E-state index contributed by atoms with van der Waals surface area (Å²) in [6.45, 7) is 0. The van der Waals surface area contributed by atoms with Crippen LogP contribution in [-0.2, 0) is 19.7 Å². The maximum Gasteiger partial charge on any atom is 0.270 e. The first-order valence-electron chi connectivity index (χ1n) is 11.3. The quantitative estimate of drug-likeness (QED) is 0.155. The second kappa shape index (κ2) is 11.4. The lowest BCUT2D eigenvalue weighted by atomic mass is 9.70. The second-order valence-corrected chi connectivity index (χ2v) is 9.95. The first-order chi connectivity index (χ1) is 17.1. The Bertz CT molecular complexity index is 1240. The van der Waals surface area contributed by atoms with Crippen molar-refractivity contribution in [1.82, 2.24) is 5.06 Å². The predicted octanol–water partition coefficient (Wildman–Crippen LogP) is 3.10. The van der Waals surface area contributed by atoms with Crippen LogP contribution in [0.4, 0.5) is 0 Å². The zero-order valence-electron chi connectivity index (χ0n) is 19.3. The largest absolute Gasteiger partial charge is 0.292 e. The van der Waals surface area contributed by atoms with Crippen LogP contribution in [0.15, 0.2) is 60.7 Å². The molecule has 2 aromatic rings. The van der Waals surface area contributed by atoms with Gasteiger partial charge in [-0.25, -0.2) is 0 Å². The van der Waals surface area contributed by atoms with Gasteiger partial charge < -0.3 is 0 Å². The van der Waals surface area contributed by atoms with Crippen LogP contribution in [0, 0.1) is 17.3 Å². The first kappa shape index (κ1) is 26.9. The number of carbonyl (C=O) groups excluding carboxylic acids is 4. The van der Waals surface area contributed by atoms with Gasteiger partial charge in [-0.3, -0.25) is 28.9 Å². The lowest BCUT2D eigenvalue weighted by Gasteiger charge is -2.33. The van der Waals surface area contributed by atoms with E-state index in [0.717, 1.165) is 0 Å².